The van der Waals surface area contributed by atoms with Gasteiger partial charge in [0.1, 0.15) is 5.82 Å². The molecule has 98 valence electrons. The molecule has 0 atom stereocenters. The molecule has 0 radical (unpaired) electrons. The van der Waals surface area contributed by atoms with Crippen LogP contribution < -0.4 is 0 Å². The monoisotopic (exact) mass is 298 g/mol. The molecule has 0 spiro atoms. The van der Waals surface area contributed by atoms with Crippen LogP contribution >= 0.6 is 23.2 Å². The summed E-state index contributed by atoms with van der Waals surface area (Å²) >= 11 is 12.0. The van der Waals surface area contributed by atoms with Crippen LogP contribution in [0.5, 0.6) is 0 Å². The van der Waals surface area contributed by atoms with Gasteiger partial charge in [-0.1, -0.05) is 41.4 Å². The fraction of sp³-hybridized carbons (Fsp3) is 0.0714. The molecule has 0 amide bonds. The number of carbonyl (C=O) groups is 1. The Bertz CT molecular complexity index is 621. The van der Waals surface area contributed by atoms with Crippen molar-refractivity contribution in [1.29, 1.82) is 0 Å². The number of hydrogen-bond donors (Lipinski definition) is 1. The third kappa shape index (κ3) is 3.06. The van der Waals surface area contributed by atoms with Crippen LogP contribution in [-0.4, -0.2) is 11.1 Å². The minimum absolute atomic E-state index is 0.229. The van der Waals surface area contributed by atoms with Gasteiger partial charge in [-0.3, -0.25) is 4.79 Å². The maximum absolute atomic E-state index is 14.0. The maximum Gasteiger partial charge on any atom is 0.307 e. The highest BCUT2D eigenvalue weighted by Crippen LogP contribution is 2.36. The molecule has 0 heterocycles. The lowest BCUT2D eigenvalue weighted by Crippen LogP contribution is -2.00. The van der Waals surface area contributed by atoms with Crippen LogP contribution in [-0.2, 0) is 11.2 Å². The second kappa shape index (κ2) is 5.59. The Balaban J connectivity index is 2.49. The van der Waals surface area contributed by atoms with Gasteiger partial charge in [0.25, 0.3) is 0 Å². The van der Waals surface area contributed by atoms with Crippen LogP contribution in [0, 0.1) is 5.82 Å². The van der Waals surface area contributed by atoms with Crippen molar-refractivity contribution in [3.63, 3.8) is 0 Å². The van der Waals surface area contributed by atoms with E-state index in [1.165, 1.54) is 12.1 Å². The molecule has 2 rings (SSSR count). The Morgan fingerprint density at radius 2 is 1.79 bits per heavy atom. The van der Waals surface area contributed by atoms with Crippen molar-refractivity contribution in [2.45, 2.75) is 6.42 Å². The second-order valence-electron chi connectivity index (χ2n) is 3.98. The minimum atomic E-state index is -1.01. The van der Waals surface area contributed by atoms with Gasteiger partial charge in [-0.2, -0.15) is 0 Å². The van der Waals surface area contributed by atoms with Gasteiger partial charge in [-0.15, -0.1) is 0 Å². The number of halogens is 3. The van der Waals surface area contributed by atoms with Crippen LogP contribution in [0.2, 0.25) is 10.0 Å². The molecule has 0 aliphatic carbocycles. The minimum Gasteiger partial charge on any atom is -0.481 e. The summed E-state index contributed by atoms with van der Waals surface area (Å²) in [5.74, 6) is -1.56. The first kappa shape index (κ1) is 13.8. The lowest BCUT2D eigenvalue weighted by atomic mass is 10.0. The molecule has 1 N–H and O–H groups in total. The van der Waals surface area contributed by atoms with Gasteiger partial charge < -0.3 is 5.11 Å². The summed E-state index contributed by atoms with van der Waals surface area (Å²) in [5.41, 5.74) is 1.05. The number of hydrogen-bond acceptors (Lipinski definition) is 1. The zero-order valence-electron chi connectivity index (χ0n) is 9.66. The summed E-state index contributed by atoms with van der Waals surface area (Å²) in [6.07, 6.45) is -0.229. The van der Waals surface area contributed by atoms with Crippen LogP contribution in [0.1, 0.15) is 5.56 Å². The highest BCUT2D eigenvalue weighted by Gasteiger charge is 2.13. The van der Waals surface area contributed by atoms with E-state index in [1.807, 2.05) is 0 Å². The first-order valence-electron chi connectivity index (χ1n) is 5.43. The number of rotatable bonds is 3. The van der Waals surface area contributed by atoms with Crippen molar-refractivity contribution < 1.29 is 14.3 Å². The van der Waals surface area contributed by atoms with E-state index < -0.39 is 11.8 Å². The molecule has 0 aromatic heterocycles. The largest absolute Gasteiger partial charge is 0.481 e. The number of carboxylic acids is 1. The van der Waals surface area contributed by atoms with Crippen molar-refractivity contribution in [2.24, 2.45) is 0 Å². The van der Waals surface area contributed by atoms with Crippen molar-refractivity contribution in [1.82, 2.24) is 0 Å². The molecule has 0 unspecified atom stereocenters. The summed E-state index contributed by atoms with van der Waals surface area (Å²) < 4.78 is 14.0. The van der Waals surface area contributed by atoms with Crippen LogP contribution in [0.25, 0.3) is 11.1 Å². The average Bonchev–Trinajstić information content (AvgIpc) is 2.30. The molecule has 19 heavy (non-hydrogen) atoms. The highest BCUT2D eigenvalue weighted by molar-refractivity contribution is 6.39. The van der Waals surface area contributed by atoms with Gasteiger partial charge in [-0.25, -0.2) is 4.39 Å². The smallest absolute Gasteiger partial charge is 0.307 e. The predicted octanol–water partition coefficient (Wildman–Crippen LogP) is 4.43. The summed E-state index contributed by atoms with van der Waals surface area (Å²) in [6, 6.07) is 9.13. The van der Waals surface area contributed by atoms with E-state index in [-0.39, 0.29) is 12.0 Å². The normalized spacial score (nSPS) is 10.5. The molecule has 0 saturated heterocycles. The Hall–Kier alpha value is -1.58. The van der Waals surface area contributed by atoms with Gasteiger partial charge in [0.2, 0.25) is 0 Å². The summed E-state index contributed by atoms with van der Waals surface area (Å²) in [5, 5.41) is 9.36. The van der Waals surface area contributed by atoms with E-state index in [2.05, 4.69) is 0 Å². The third-order valence-electron chi connectivity index (χ3n) is 2.62. The fourth-order valence-electron chi connectivity index (χ4n) is 1.80. The Kier molecular flexibility index (Phi) is 4.08. The quantitative estimate of drug-likeness (QED) is 0.910. The Morgan fingerprint density at radius 3 is 2.32 bits per heavy atom. The van der Waals surface area contributed by atoms with Gasteiger partial charge in [0.15, 0.2) is 0 Å². The zero-order valence-corrected chi connectivity index (χ0v) is 11.2. The Morgan fingerprint density at radius 1 is 1.16 bits per heavy atom. The fourth-order valence-corrected chi connectivity index (χ4v) is 2.40. The molecule has 0 saturated carbocycles. The van der Waals surface area contributed by atoms with Crippen molar-refractivity contribution in [2.75, 3.05) is 0 Å². The van der Waals surface area contributed by atoms with E-state index in [1.54, 1.807) is 24.3 Å². The van der Waals surface area contributed by atoms with Gasteiger partial charge in [0, 0.05) is 21.2 Å². The average molecular weight is 299 g/mol. The molecule has 0 aliphatic heterocycles. The van der Waals surface area contributed by atoms with Crippen LogP contribution in [0.3, 0.4) is 0 Å². The van der Waals surface area contributed by atoms with Gasteiger partial charge in [0.05, 0.1) is 6.42 Å². The van der Waals surface area contributed by atoms with Crippen molar-refractivity contribution in [3.05, 3.63) is 57.8 Å². The zero-order chi connectivity index (χ0) is 14.0. The first-order chi connectivity index (χ1) is 8.99. The van der Waals surface area contributed by atoms with E-state index in [4.69, 9.17) is 28.3 Å². The lowest BCUT2D eigenvalue weighted by Gasteiger charge is -2.09. The molecule has 0 fully saturated rings. The maximum atomic E-state index is 14.0. The molecule has 2 aromatic rings. The molecular formula is C14H9Cl2FO2. The van der Waals surface area contributed by atoms with Gasteiger partial charge >= 0.3 is 5.97 Å². The topological polar surface area (TPSA) is 37.3 Å². The number of carboxylic acid groups (broad SMARTS) is 1. The lowest BCUT2D eigenvalue weighted by molar-refractivity contribution is -0.136. The van der Waals surface area contributed by atoms with Crippen molar-refractivity contribution >= 4 is 29.2 Å². The van der Waals surface area contributed by atoms with Crippen LogP contribution in [0.15, 0.2) is 36.4 Å². The summed E-state index contributed by atoms with van der Waals surface area (Å²) in [6.45, 7) is 0. The molecule has 2 nitrogen and oxygen atoms in total. The molecule has 2 aromatic carbocycles. The van der Waals surface area contributed by atoms with Crippen molar-refractivity contribution in [3.8, 4) is 11.1 Å². The Labute approximate surface area is 119 Å². The van der Waals surface area contributed by atoms with E-state index in [9.17, 15) is 9.18 Å². The van der Waals surface area contributed by atoms with Crippen LogP contribution in [0.4, 0.5) is 4.39 Å². The van der Waals surface area contributed by atoms with E-state index in [0.717, 1.165) is 0 Å². The third-order valence-corrected chi connectivity index (χ3v) is 3.25. The predicted molar refractivity (Wildman–Crippen MR) is 73.2 cm³/mol. The summed E-state index contributed by atoms with van der Waals surface area (Å²) in [4.78, 5) is 10.6. The summed E-state index contributed by atoms with van der Waals surface area (Å²) in [7, 11) is 0. The molecule has 0 aliphatic rings. The van der Waals surface area contributed by atoms with E-state index in [0.29, 0.717) is 21.2 Å². The molecule has 5 heteroatoms. The molecular weight excluding hydrogens is 290 g/mol. The highest BCUT2D eigenvalue weighted by atomic mass is 35.5. The first-order valence-corrected chi connectivity index (χ1v) is 6.19. The number of benzene rings is 2. The van der Waals surface area contributed by atoms with Gasteiger partial charge in [-0.05, 0) is 23.8 Å². The number of aliphatic carboxylic acids is 1. The molecule has 0 bridgehead atoms. The van der Waals surface area contributed by atoms with E-state index >= 15 is 0 Å². The SMILES string of the molecule is O=C(O)Cc1ccc(-c2c(Cl)cccc2Cl)c(F)c1. The standard InChI is InChI=1S/C14H9Cl2FO2/c15-10-2-1-3-11(16)14(10)9-5-4-8(6-12(9)17)7-13(18)19/h1-6H,7H2,(H,18,19). The second-order valence-corrected chi connectivity index (χ2v) is 4.80.